The van der Waals surface area contributed by atoms with Crippen LogP contribution in [0, 0.1) is 13.8 Å². The van der Waals surface area contributed by atoms with E-state index < -0.39 is 0 Å². The summed E-state index contributed by atoms with van der Waals surface area (Å²) in [6.45, 7) is 8.87. The monoisotopic (exact) mass is 216 g/mol. The van der Waals surface area contributed by atoms with Crippen LogP contribution in [0.2, 0.25) is 0 Å². The molecule has 88 valence electrons. The standard InChI is InChI=1S/C16H24/c1-5-7-15(8-6-2)12-16-10-9-13(3)11-14(16)4/h9-12H,5-8H2,1-4H3. The van der Waals surface area contributed by atoms with Crippen LogP contribution in [0.25, 0.3) is 6.08 Å². The normalized spacial score (nSPS) is 10.2. The number of hydrogen-bond donors (Lipinski definition) is 0. The van der Waals surface area contributed by atoms with Crippen LogP contribution in [-0.4, -0.2) is 0 Å². The van der Waals surface area contributed by atoms with E-state index in [0.717, 1.165) is 0 Å². The molecule has 0 N–H and O–H groups in total. The molecule has 0 fully saturated rings. The lowest BCUT2D eigenvalue weighted by Gasteiger charge is -2.07. The Morgan fingerprint density at radius 2 is 1.69 bits per heavy atom. The highest BCUT2D eigenvalue weighted by Gasteiger charge is 1.99. The maximum atomic E-state index is 2.39. The van der Waals surface area contributed by atoms with Crippen molar-refractivity contribution in [2.45, 2.75) is 53.4 Å². The Labute approximate surface area is 100 Å². The van der Waals surface area contributed by atoms with Gasteiger partial charge in [0.2, 0.25) is 0 Å². The number of benzene rings is 1. The van der Waals surface area contributed by atoms with E-state index >= 15 is 0 Å². The molecule has 0 saturated heterocycles. The van der Waals surface area contributed by atoms with E-state index in [0.29, 0.717) is 0 Å². The molecule has 1 rings (SSSR count). The fourth-order valence-electron chi connectivity index (χ4n) is 2.12. The Morgan fingerprint density at radius 3 is 2.19 bits per heavy atom. The molecule has 0 amide bonds. The van der Waals surface area contributed by atoms with Gasteiger partial charge in [-0.3, -0.25) is 0 Å². The molecular weight excluding hydrogens is 192 g/mol. The van der Waals surface area contributed by atoms with Gasteiger partial charge in [-0.05, 0) is 37.8 Å². The SMILES string of the molecule is CCCC(=Cc1ccc(C)cc1C)CCC. The molecular formula is C16H24. The summed E-state index contributed by atoms with van der Waals surface area (Å²) in [5.41, 5.74) is 5.73. The topological polar surface area (TPSA) is 0 Å². The van der Waals surface area contributed by atoms with E-state index in [1.165, 1.54) is 42.4 Å². The fourth-order valence-corrected chi connectivity index (χ4v) is 2.12. The van der Waals surface area contributed by atoms with Crippen LogP contribution in [-0.2, 0) is 0 Å². The summed E-state index contributed by atoms with van der Waals surface area (Å²) in [5.74, 6) is 0. The summed E-state index contributed by atoms with van der Waals surface area (Å²) in [6.07, 6.45) is 7.36. The predicted molar refractivity (Wildman–Crippen MR) is 73.7 cm³/mol. The van der Waals surface area contributed by atoms with E-state index in [2.05, 4.69) is 52.0 Å². The van der Waals surface area contributed by atoms with Gasteiger partial charge in [-0.1, -0.05) is 62.1 Å². The van der Waals surface area contributed by atoms with Crippen molar-refractivity contribution < 1.29 is 0 Å². The van der Waals surface area contributed by atoms with Crippen molar-refractivity contribution in [3.63, 3.8) is 0 Å². The third-order valence-electron chi connectivity index (χ3n) is 2.93. The lowest BCUT2D eigenvalue weighted by Crippen LogP contribution is -1.87. The zero-order valence-electron chi connectivity index (χ0n) is 11.1. The van der Waals surface area contributed by atoms with E-state index in [1.807, 2.05) is 0 Å². The summed E-state index contributed by atoms with van der Waals surface area (Å²) in [7, 11) is 0. The zero-order chi connectivity index (χ0) is 12.0. The molecule has 1 aromatic carbocycles. The van der Waals surface area contributed by atoms with Crippen molar-refractivity contribution >= 4 is 6.08 Å². The highest BCUT2D eigenvalue weighted by atomic mass is 14.0. The van der Waals surface area contributed by atoms with Gasteiger partial charge in [-0.25, -0.2) is 0 Å². The summed E-state index contributed by atoms with van der Waals surface area (Å²) >= 11 is 0. The minimum atomic E-state index is 1.24. The van der Waals surface area contributed by atoms with E-state index in [-0.39, 0.29) is 0 Å². The molecule has 16 heavy (non-hydrogen) atoms. The smallest absolute Gasteiger partial charge is 0.0228 e. The summed E-state index contributed by atoms with van der Waals surface area (Å²) in [6, 6.07) is 6.71. The number of allylic oxidation sites excluding steroid dienone is 1. The fraction of sp³-hybridized carbons (Fsp3) is 0.500. The van der Waals surface area contributed by atoms with Crippen molar-refractivity contribution in [3.8, 4) is 0 Å². The lowest BCUT2D eigenvalue weighted by molar-refractivity contribution is 0.810. The van der Waals surface area contributed by atoms with Crippen LogP contribution >= 0.6 is 0 Å². The Hall–Kier alpha value is -1.04. The predicted octanol–water partition coefficient (Wildman–Crippen LogP) is 5.29. The first kappa shape index (κ1) is 13.0. The Bertz CT molecular complexity index is 350. The quantitative estimate of drug-likeness (QED) is 0.627. The van der Waals surface area contributed by atoms with E-state index in [4.69, 9.17) is 0 Å². The summed E-state index contributed by atoms with van der Waals surface area (Å²) in [4.78, 5) is 0. The molecule has 0 bridgehead atoms. The maximum absolute atomic E-state index is 2.39. The molecule has 0 heteroatoms. The van der Waals surface area contributed by atoms with Crippen LogP contribution in [0.5, 0.6) is 0 Å². The van der Waals surface area contributed by atoms with Gasteiger partial charge in [0, 0.05) is 0 Å². The van der Waals surface area contributed by atoms with Crippen molar-refractivity contribution in [2.24, 2.45) is 0 Å². The molecule has 0 spiro atoms. The average Bonchev–Trinajstić information content (AvgIpc) is 2.23. The minimum Gasteiger partial charge on any atom is -0.0696 e. The first-order chi connectivity index (χ1) is 7.67. The Morgan fingerprint density at radius 1 is 1.06 bits per heavy atom. The Kier molecular flexibility index (Phi) is 5.31. The first-order valence-electron chi connectivity index (χ1n) is 6.44. The molecule has 0 unspecified atom stereocenters. The van der Waals surface area contributed by atoms with E-state index in [9.17, 15) is 0 Å². The molecule has 0 heterocycles. The third-order valence-corrected chi connectivity index (χ3v) is 2.93. The van der Waals surface area contributed by atoms with Gasteiger partial charge in [0.15, 0.2) is 0 Å². The number of hydrogen-bond acceptors (Lipinski definition) is 0. The second kappa shape index (κ2) is 6.52. The van der Waals surface area contributed by atoms with Gasteiger partial charge in [0.25, 0.3) is 0 Å². The second-order valence-corrected chi connectivity index (χ2v) is 4.66. The molecule has 1 aromatic rings. The van der Waals surface area contributed by atoms with E-state index in [1.54, 1.807) is 5.57 Å². The molecule has 0 aliphatic rings. The van der Waals surface area contributed by atoms with Crippen LogP contribution in [0.3, 0.4) is 0 Å². The van der Waals surface area contributed by atoms with Gasteiger partial charge in [0.05, 0.1) is 0 Å². The molecule has 0 aliphatic carbocycles. The van der Waals surface area contributed by atoms with Crippen molar-refractivity contribution in [1.29, 1.82) is 0 Å². The molecule has 0 atom stereocenters. The van der Waals surface area contributed by atoms with Crippen LogP contribution in [0.4, 0.5) is 0 Å². The zero-order valence-corrected chi connectivity index (χ0v) is 11.1. The maximum Gasteiger partial charge on any atom is -0.0228 e. The first-order valence-corrected chi connectivity index (χ1v) is 6.44. The highest BCUT2D eigenvalue weighted by Crippen LogP contribution is 2.19. The second-order valence-electron chi connectivity index (χ2n) is 4.66. The Balaban J connectivity index is 2.93. The number of rotatable bonds is 5. The molecule has 0 radical (unpaired) electrons. The molecule has 0 nitrogen and oxygen atoms in total. The van der Waals surface area contributed by atoms with Crippen molar-refractivity contribution in [3.05, 3.63) is 40.5 Å². The number of aryl methyl sites for hydroxylation is 2. The largest absolute Gasteiger partial charge is 0.0696 e. The van der Waals surface area contributed by atoms with Gasteiger partial charge < -0.3 is 0 Å². The van der Waals surface area contributed by atoms with Crippen LogP contribution in [0.1, 0.15) is 56.2 Å². The van der Waals surface area contributed by atoms with Gasteiger partial charge in [-0.15, -0.1) is 0 Å². The van der Waals surface area contributed by atoms with Gasteiger partial charge >= 0.3 is 0 Å². The molecule has 0 aromatic heterocycles. The van der Waals surface area contributed by atoms with Gasteiger partial charge in [-0.2, -0.15) is 0 Å². The summed E-state index contributed by atoms with van der Waals surface area (Å²) in [5, 5.41) is 0. The van der Waals surface area contributed by atoms with Crippen LogP contribution in [0.15, 0.2) is 23.8 Å². The van der Waals surface area contributed by atoms with Crippen molar-refractivity contribution in [1.82, 2.24) is 0 Å². The lowest BCUT2D eigenvalue weighted by atomic mass is 9.99. The molecule has 0 aliphatic heterocycles. The highest BCUT2D eigenvalue weighted by molar-refractivity contribution is 5.57. The third kappa shape index (κ3) is 3.84. The summed E-state index contributed by atoms with van der Waals surface area (Å²) < 4.78 is 0. The minimum absolute atomic E-state index is 1.24. The van der Waals surface area contributed by atoms with Gasteiger partial charge in [0.1, 0.15) is 0 Å². The molecule has 0 saturated carbocycles. The average molecular weight is 216 g/mol. The van der Waals surface area contributed by atoms with Crippen LogP contribution < -0.4 is 0 Å². The van der Waals surface area contributed by atoms with Crippen molar-refractivity contribution in [2.75, 3.05) is 0 Å².